The van der Waals surface area contributed by atoms with Crippen LogP contribution in [-0.4, -0.2) is 29.8 Å². The predicted octanol–water partition coefficient (Wildman–Crippen LogP) is 4.02. The van der Waals surface area contributed by atoms with E-state index in [0.29, 0.717) is 23.8 Å². The van der Waals surface area contributed by atoms with Gasteiger partial charge in [-0.05, 0) is 37.5 Å². The van der Waals surface area contributed by atoms with Gasteiger partial charge in [-0.3, -0.25) is 9.59 Å². The maximum absolute atomic E-state index is 12.3. The van der Waals surface area contributed by atoms with E-state index in [9.17, 15) is 9.59 Å². The minimum absolute atomic E-state index is 0.471. The summed E-state index contributed by atoms with van der Waals surface area (Å²) in [6.07, 6.45) is 3.79. The van der Waals surface area contributed by atoms with E-state index in [0.717, 1.165) is 31.2 Å². The van der Waals surface area contributed by atoms with Crippen molar-refractivity contribution in [3.63, 3.8) is 0 Å². The standard InChI is InChI=1S/C17H25ClN2O2/c1-4-6-11-20(12-7-5-2)17(22)16(21)19-15-10-8-9-14(18)13(15)3/h8-10H,4-7,11-12H2,1-3H3,(H,19,21). The van der Waals surface area contributed by atoms with Crippen LogP contribution < -0.4 is 5.32 Å². The lowest BCUT2D eigenvalue weighted by Crippen LogP contribution is -2.41. The highest BCUT2D eigenvalue weighted by Crippen LogP contribution is 2.22. The molecule has 1 rings (SSSR count). The van der Waals surface area contributed by atoms with Crippen molar-refractivity contribution in [2.45, 2.75) is 46.5 Å². The van der Waals surface area contributed by atoms with Gasteiger partial charge in [0.1, 0.15) is 0 Å². The molecule has 0 aliphatic rings. The Morgan fingerprint density at radius 2 is 1.73 bits per heavy atom. The second-order valence-electron chi connectivity index (χ2n) is 5.37. The Hall–Kier alpha value is -1.55. The molecule has 0 heterocycles. The molecule has 22 heavy (non-hydrogen) atoms. The fourth-order valence-corrected chi connectivity index (χ4v) is 2.25. The van der Waals surface area contributed by atoms with E-state index < -0.39 is 11.8 Å². The first-order chi connectivity index (χ1) is 10.5. The Morgan fingerprint density at radius 1 is 1.14 bits per heavy atom. The fourth-order valence-electron chi connectivity index (χ4n) is 2.08. The maximum Gasteiger partial charge on any atom is 0.313 e. The van der Waals surface area contributed by atoms with Gasteiger partial charge >= 0.3 is 11.8 Å². The van der Waals surface area contributed by atoms with Crippen molar-refractivity contribution in [3.8, 4) is 0 Å². The lowest BCUT2D eigenvalue weighted by atomic mass is 10.2. The van der Waals surface area contributed by atoms with E-state index in [4.69, 9.17) is 11.6 Å². The molecule has 122 valence electrons. The zero-order chi connectivity index (χ0) is 16.5. The fraction of sp³-hybridized carbons (Fsp3) is 0.529. The average molecular weight is 325 g/mol. The molecule has 0 fully saturated rings. The molecular weight excluding hydrogens is 300 g/mol. The predicted molar refractivity (Wildman–Crippen MR) is 91.2 cm³/mol. The Kier molecular flexibility index (Phi) is 7.96. The van der Waals surface area contributed by atoms with Crippen molar-refractivity contribution in [3.05, 3.63) is 28.8 Å². The first-order valence-corrected chi connectivity index (χ1v) is 8.24. The molecule has 1 N–H and O–H groups in total. The smallest absolute Gasteiger partial charge is 0.313 e. The Morgan fingerprint density at radius 3 is 2.27 bits per heavy atom. The molecule has 0 atom stereocenters. The molecule has 0 aromatic heterocycles. The van der Waals surface area contributed by atoms with Gasteiger partial charge in [-0.25, -0.2) is 0 Å². The summed E-state index contributed by atoms with van der Waals surface area (Å²) in [4.78, 5) is 26.2. The first kappa shape index (κ1) is 18.5. The molecule has 4 nitrogen and oxygen atoms in total. The van der Waals surface area contributed by atoms with Crippen LogP contribution in [0.3, 0.4) is 0 Å². The molecule has 0 bridgehead atoms. The summed E-state index contributed by atoms with van der Waals surface area (Å²) in [5, 5.41) is 3.24. The summed E-state index contributed by atoms with van der Waals surface area (Å²) in [5.74, 6) is -1.07. The van der Waals surface area contributed by atoms with Gasteiger partial charge in [0.15, 0.2) is 0 Å². The number of nitrogens with one attached hydrogen (secondary N) is 1. The summed E-state index contributed by atoms with van der Waals surface area (Å²) in [5.41, 5.74) is 1.34. The third-order valence-electron chi connectivity index (χ3n) is 3.56. The molecular formula is C17H25ClN2O2. The van der Waals surface area contributed by atoms with E-state index in [-0.39, 0.29) is 0 Å². The van der Waals surface area contributed by atoms with Crippen molar-refractivity contribution in [1.29, 1.82) is 0 Å². The third kappa shape index (κ3) is 5.34. The number of unbranched alkanes of at least 4 members (excludes halogenated alkanes) is 2. The zero-order valence-corrected chi connectivity index (χ0v) is 14.4. The number of hydrogen-bond donors (Lipinski definition) is 1. The number of carbonyl (C=O) groups excluding carboxylic acids is 2. The van der Waals surface area contributed by atoms with Gasteiger partial charge in [0.05, 0.1) is 0 Å². The van der Waals surface area contributed by atoms with E-state index in [1.54, 1.807) is 23.1 Å². The lowest BCUT2D eigenvalue weighted by Gasteiger charge is -2.22. The highest BCUT2D eigenvalue weighted by Gasteiger charge is 2.21. The number of benzene rings is 1. The van der Waals surface area contributed by atoms with Gasteiger partial charge in [-0.15, -0.1) is 0 Å². The minimum Gasteiger partial charge on any atom is -0.334 e. The van der Waals surface area contributed by atoms with Crippen LogP contribution in [0.15, 0.2) is 18.2 Å². The SMILES string of the molecule is CCCCN(CCCC)C(=O)C(=O)Nc1cccc(Cl)c1C. The summed E-state index contributed by atoms with van der Waals surface area (Å²) in [6.45, 7) is 7.19. The van der Waals surface area contributed by atoms with Crippen LogP contribution in [0, 0.1) is 6.92 Å². The Bertz CT molecular complexity index is 509. The Labute approximate surface area is 137 Å². The van der Waals surface area contributed by atoms with E-state index >= 15 is 0 Å². The van der Waals surface area contributed by atoms with Crippen LogP contribution in [0.25, 0.3) is 0 Å². The summed E-state index contributed by atoms with van der Waals surface area (Å²) >= 11 is 6.03. The van der Waals surface area contributed by atoms with Gasteiger partial charge in [-0.1, -0.05) is 44.4 Å². The van der Waals surface area contributed by atoms with Crippen molar-refractivity contribution >= 4 is 29.1 Å². The second-order valence-corrected chi connectivity index (χ2v) is 5.77. The highest BCUT2D eigenvalue weighted by atomic mass is 35.5. The number of rotatable bonds is 7. The summed E-state index contributed by atoms with van der Waals surface area (Å²) in [7, 11) is 0. The molecule has 0 aliphatic carbocycles. The molecule has 0 aliphatic heterocycles. The van der Waals surface area contributed by atoms with E-state index in [1.807, 2.05) is 6.92 Å². The third-order valence-corrected chi connectivity index (χ3v) is 3.97. The second kappa shape index (κ2) is 9.46. The number of anilines is 1. The van der Waals surface area contributed by atoms with Crippen molar-refractivity contribution in [2.24, 2.45) is 0 Å². The minimum atomic E-state index is -0.599. The molecule has 1 aromatic rings. The van der Waals surface area contributed by atoms with Crippen molar-refractivity contribution < 1.29 is 9.59 Å². The monoisotopic (exact) mass is 324 g/mol. The zero-order valence-electron chi connectivity index (χ0n) is 13.6. The Balaban J connectivity index is 2.75. The van der Waals surface area contributed by atoms with Crippen molar-refractivity contribution in [1.82, 2.24) is 4.90 Å². The summed E-state index contributed by atoms with van der Waals surface area (Å²) < 4.78 is 0. The molecule has 1 aromatic carbocycles. The van der Waals surface area contributed by atoms with E-state index in [2.05, 4.69) is 19.2 Å². The lowest BCUT2D eigenvalue weighted by molar-refractivity contribution is -0.143. The highest BCUT2D eigenvalue weighted by molar-refractivity contribution is 6.40. The molecule has 0 spiro atoms. The number of carbonyl (C=O) groups is 2. The molecule has 5 heteroatoms. The van der Waals surface area contributed by atoms with E-state index in [1.165, 1.54) is 0 Å². The molecule has 0 saturated carbocycles. The topological polar surface area (TPSA) is 49.4 Å². The maximum atomic E-state index is 12.3. The van der Waals surface area contributed by atoms with Crippen LogP contribution in [0.1, 0.15) is 45.1 Å². The van der Waals surface area contributed by atoms with Gasteiger partial charge < -0.3 is 10.2 Å². The first-order valence-electron chi connectivity index (χ1n) is 7.86. The molecule has 0 unspecified atom stereocenters. The molecule has 0 radical (unpaired) electrons. The number of amides is 2. The van der Waals surface area contributed by atoms with Gasteiger partial charge in [0.25, 0.3) is 0 Å². The van der Waals surface area contributed by atoms with Gasteiger partial charge in [0, 0.05) is 23.8 Å². The number of nitrogens with zero attached hydrogens (tertiary/aromatic N) is 1. The van der Waals surface area contributed by atoms with Gasteiger partial charge in [0.2, 0.25) is 0 Å². The van der Waals surface area contributed by atoms with Crippen LogP contribution in [0.5, 0.6) is 0 Å². The van der Waals surface area contributed by atoms with Gasteiger partial charge in [-0.2, -0.15) is 0 Å². The number of halogens is 1. The van der Waals surface area contributed by atoms with Crippen molar-refractivity contribution in [2.75, 3.05) is 18.4 Å². The normalized spacial score (nSPS) is 10.4. The molecule has 0 saturated heterocycles. The molecule has 2 amide bonds. The average Bonchev–Trinajstić information content (AvgIpc) is 2.51. The quantitative estimate of drug-likeness (QED) is 0.770. The summed E-state index contributed by atoms with van der Waals surface area (Å²) in [6, 6.07) is 5.25. The number of hydrogen-bond acceptors (Lipinski definition) is 2. The van der Waals surface area contributed by atoms with Crippen LogP contribution in [0.2, 0.25) is 5.02 Å². The largest absolute Gasteiger partial charge is 0.334 e. The van der Waals surface area contributed by atoms with Crippen LogP contribution in [-0.2, 0) is 9.59 Å². The van der Waals surface area contributed by atoms with Crippen LogP contribution in [0.4, 0.5) is 5.69 Å². The van der Waals surface area contributed by atoms with Crippen LogP contribution >= 0.6 is 11.6 Å².